The average Bonchev–Trinajstić information content (AvgIpc) is 3.16. The summed E-state index contributed by atoms with van der Waals surface area (Å²) in [5.74, 6) is 0.671. The summed E-state index contributed by atoms with van der Waals surface area (Å²) in [6.07, 6.45) is 2.45. The van der Waals surface area contributed by atoms with Crippen LogP contribution in [-0.4, -0.2) is 48.4 Å². The van der Waals surface area contributed by atoms with E-state index in [1.807, 2.05) is 22.4 Å². The van der Waals surface area contributed by atoms with Gasteiger partial charge in [0.25, 0.3) is 0 Å². The Balaban J connectivity index is 1.56. The number of nitrogens with one attached hydrogen (secondary N) is 1. The van der Waals surface area contributed by atoms with Crippen molar-refractivity contribution in [1.29, 1.82) is 0 Å². The van der Waals surface area contributed by atoms with Crippen LogP contribution in [0.3, 0.4) is 0 Å². The van der Waals surface area contributed by atoms with Gasteiger partial charge < -0.3 is 20.1 Å². The van der Waals surface area contributed by atoms with Crippen molar-refractivity contribution in [3.8, 4) is 0 Å². The summed E-state index contributed by atoms with van der Waals surface area (Å²) in [5.41, 5.74) is 0. The van der Waals surface area contributed by atoms with E-state index in [0.29, 0.717) is 32.1 Å². The molecule has 6 heteroatoms. The first kappa shape index (κ1) is 14.8. The second kappa shape index (κ2) is 6.77. The summed E-state index contributed by atoms with van der Waals surface area (Å²) in [4.78, 5) is 15.1. The van der Waals surface area contributed by atoms with Crippen LogP contribution in [0.25, 0.3) is 0 Å². The summed E-state index contributed by atoms with van der Waals surface area (Å²) >= 11 is 1.54. The number of thiophene rings is 1. The van der Waals surface area contributed by atoms with Crippen molar-refractivity contribution in [3.63, 3.8) is 0 Å². The standard InChI is InChI=1S/C15H22N2O3S/c18-13(14-2-1-7-21-14)8-12-10-20-6-5-17(12)15(19)16-9-11-3-4-11/h1-2,7,11-13,18H,3-6,8-10H2,(H,16,19). The molecule has 2 heterocycles. The van der Waals surface area contributed by atoms with Crippen molar-refractivity contribution in [3.05, 3.63) is 22.4 Å². The fourth-order valence-electron chi connectivity index (χ4n) is 2.63. The highest BCUT2D eigenvalue weighted by Gasteiger charge is 2.31. The molecule has 21 heavy (non-hydrogen) atoms. The molecule has 3 rings (SSSR count). The molecule has 1 saturated heterocycles. The number of aliphatic hydroxyl groups excluding tert-OH is 1. The van der Waals surface area contributed by atoms with Gasteiger partial charge in [-0.05, 0) is 30.2 Å². The number of hydrogen-bond acceptors (Lipinski definition) is 4. The highest BCUT2D eigenvalue weighted by molar-refractivity contribution is 7.10. The first-order valence-electron chi connectivity index (χ1n) is 7.57. The molecule has 2 aliphatic rings. The highest BCUT2D eigenvalue weighted by atomic mass is 32.1. The van der Waals surface area contributed by atoms with Gasteiger partial charge in [0.2, 0.25) is 0 Å². The predicted molar refractivity (Wildman–Crippen MR) is 81.3 cm³/mol. The number of morpholine rings is 1. The van der Waals surface area contributed by atoms with E-state index < -0.39 is 6.10 Å². The van der Waals surface area contributed by atoms with Crippen molar-refractivity contribution in [2.45, 2.75) is 31.4 Å². The van der Waals surface area contributed by atoms with E-state index in [9.17, 15) is 9.90 Å². The lowest BCUT2D eigenvalue weighted by Crippen LogP contribution is -2.53. The smallest absolute Gasteiger partial charge is 0.317 e. The quantitative estimate of drug-likeness (QED) is 0.874. The molecule has 2 N–H and O–H groups in total. The van der Waals surface area contributed by atoms with Crippen LogP contribution in [0.4, 0.5) is 4.79 Å². The average molecular weight is 310 g/mol. The Labute approximate surface area is 128 Å². The van der Waals surface area contributed by atoms with Crippen LogP contribution >= 0.6 is 11.3 Å². The largest absolute Gasteiger partial charge is 0.387 e. The lowest BCUT2D eigenvalue weighted by atomic mass is 10.1. The normalized spacial score (nSPS) is 23.9. The van der Waals surface area contributed by atoms with Crippen molar-refractivity contribution < 1.29 is 14.6 Å². The second-order valence-electron chi connectivity index (χ2n) is 5.82. The number of urea groups is 1. The van der Waals surface area contributed by atoms with Crippen LogP contribution in [0.2, 0.25) is 0 Å². The van der Waals surface area contributed by atoms with Gasteiger partial charge in [-0.3, -0.25) is 0 Å². The van der Waals surface area contributed by atoms with Crippen LogP contribution < -0.4 is 5.32 Å². The molecule has 5 nitrogen and oxygen atoms in total. The van der Waals surface area contributed by atoms with Crippen molar-refractivity contribution in [1.82, 2.24) is 10.2 Å². The third kappa shape index (κ3) is 3.96. The summed E-state index contributed by atoms with van der Waals surface area (Å²) in [6.45, 7) is 2.44. The molecule has 116 valence electrons. The molecule has 1 aromatic rings. The Morgan fingerprint density at radius 1 is 1.57 bits per heavy atom. The number of amides is 2. The fraction of sp³-hybridized carbons (Fsp3) is 0.667. The van der Waals surface area contributed by atoms with Gasteiger partial charge >= 0.3 is 6.03 Å². The minimum absolute atomic E-state index is 0.0198. The summed E-state index contributed by atoms with van der Waals surface area (Å²) in [5, 5.41) is 15.2. The fourth-order valence-corrected chi connectivity index (χ4v) is 3.35. The van der Waals surface area contributed by atoms with Gasteiger partial charge in [0.15, 0.2) is 0 Å². The van der Waals surface area contributed by atoms with E-state index in [1.54, 1.807) is 11.3 Å². The van der Waals surface area contributed by atoms with Gasteiger partial charge in [0.05, 0.1) is 25.4 Å². The Morgan fingerprint density at radius 2 is 2.43 bits per heavy atom. The van der Waals surface area contributed by atoms with Crippen LogP contribution in [0.15, 0.2) is 17.5 Å². The summed E-state index contributed by atoms with van der Waals surface area (Å²) in [7, 11) is 0. The number of carbonyl (C=O) groups is 1. The van der Waals surface area contributed by atoms with Crippen LogP contribution in [0.5, 0.6) is 0 Å². The summed E-state index contributed by atoms with van der Waals surface area (Å²) in [6, 6.07) is 3.78. The number of hydrogen-bond donors (Lipinski definition) is 2. The molecule has 1 aliphatic heterocycles. The Kier molecular flexibility index (Phi) is 4.77. The highest BCUT2D eigenvalue weighted by Crippen LogP contribution is 2.28. The summed E-state index contributed by atoms with van der Waals surface area (Å²) < 4.78 is 5.49. The molecule has 2 atom stereocenters. The molecule has 0 bridgehead atoms. The molecule has 1 aromatic heterocycles. The van der Waals surface area contributed by atoms with Gasteiger partial charge in [-0.15, -0.1) is 11.3 Å². The third-order valence-electron chi connectivity index (χ3n) is 4.09. The second-order valence-corrected chi connectivity index (χ2v) is 6.80. The first-order valence-corrected chi connectivity index (χ1v) is 8.45. The van der Waals surface area contributed by atoms with E-state index >= 15 is 0 Å². The Bertz CT molecular complexity index is 461. The zero-order valence-corrected chi connectivity index (χ0v) is 12.8. The number of carbonyl (C=O) groups excluding carboxylic acids is 1. The van der Waals surface area contributed by atoms with E-state index in [0.717, 1.165) is 11.4 Å². The van der Waals surface area contributed by atoms with Crippen LogP contribution in [0, 0.1) is 5.92 Å². The number of nitrogens with zero attached hydrogens (tertiary/aromatic N) is 1. The molecule has 1 saturated carbocycles. The third-order valence-corrected chi connectivity index (χ3v) is 5.07. The van der Waals surface area contributed by atoms with Crippen molar-refractivity contribution >= 4 is 17.4 Å². The number of rotatable bonds is 5. The Hall–Kier alpha value is -1.11. The van der Waals surface area contributed by atoms with Crippen LogP contribution in [-0.2, 0) is 4.74 Å². The van der Waals surface area contributed by atoms with Crippen molar-refractivity contribution in [2.24, 2.45) is 5.92 Å². The lowest BCUT2D eigenvalue weighted by Gasteiger charge is -2.36. The minimum Gasteiger partial charge on any atom is -0.387 e. The minimum atomic E-state index is -0.532. The molecule has 2 fully saturated rings. The van der Waals surface area contributed by atoms with Gasteiger partial charge in [-0.1, -0.05) is 6.07 Å². The number of ether oxygens (including phenoxy) is 1. The topological polar surface area (TPSA) is 61.8 Å². The van der Waals surface area contributed by atoms with Gasteiger partial charge in [0, 0.05) is 24.4 Å². The van der Waals surface area contributed by atoms with E-state index in [4.69, 9.17) is 4.74 Å². The molecule has 2 amide bonds. The molecule has 0 radical (unpaired) electrons. The van der Waals surface area contributed by atoms with Gasteiger partial charge in [0.1, 0.15) is 0 Å². The van der Waals surface area contributed by atoms with E-state index in [-0.39, 0.29) is 12.1 Å². The Morgan fingerprint density at radius 3 is 3.14 bits per heavy atom. The predicted octanol–water partition coefficient (Wildman–Crippen LogP) is 1.99. The maximum atomic E-state index is 12.3. The van der Waals surface area contributed by atoms with Gasteiger partial charge in [-0.25, -0.2) is 4.79 Å². The van der Waals surface area contributed by atoms with E-state index in [2.05, 4.69) is 5.32 Å². The first-order chi connectivity index (χ1) is 10.2. The SMILES string of the molecule is O=C(NCC1CC1)N1CCOCC1CC(O)c1cccs1. The molecule has 0 aromatic carbocycles. The lowest BCUT2D eigenvalue weighted by molar-refractivity contribution is -0.00649. The van der Waals surface area contributed by atoms with Crippen molar-refractivity contribution in [2.75, 3.05) is 26.3 Å². The van der Waals surface area contributed by atoms with Crippen LogP contribution in [0.1, 0.15) is 30.2 Å². The van der Waals surface area contributed by atoms with E-state index in [1.165, 1.54) is 12.8 Å². The maximum absolute atomic E-state index is 12.3. The molecule has 0 spiro atoms. The monoisotopic (exact) mass is 310 g/mol. The molecule has 2 unspecified atom stereocenters. The number of aliphatic hydroxyl groups is 1. The molecular weight excluding hydrogens is 288 g/mol. The molecule has 1 aliphatic carbocycles. The van der Waals surface area contributed by atoms with Gasteiger partial charge in [-0.2, -0.15) is 0 Å². The zero-order chi connectivity index (χ0) is 14.7. The zero-order valence-electron chi connectivity index (χ0n) is 12.0. The molecular formula is C15H22N2O3S. The maximum Gasteiger partial charge on any atom is 0.317 e.